The van der Waals surface area contributed by atoms with Gasteiger partial charge in [0.15, 0.2) is 5.96 Å². The highest BCUT2D eigenvalue weighted by molar-refractivity contribution is 14.0. The van der Waals surface area contributed by atoms with E-state index in [0.29, 0.717) is 19.0 Å². The third-order valence-corrected chi connectivity index (χ3v) is 4.29. The number of carbonyl (C=O) groups is 1. The van der Waals surface area contributed by atoms with Gasteiger partial charge in [0.2, 0.25) is 5.91 Å². The first kappa shape index (κ1) is 22.6. The quantitative estimate of drug-likeness (QED) is 0.387. The fraction of sp³-hybridized carbons (Fsp3) is 0.556. The number of halogens is 3. The Labute approximate surface area is 170 Å². The third kappa shape index (κ3) is 6.07. The summed E-state index contributed by atoms with van der Waals surface area (Å²) in [6.45, 7) is 5.52. The van der Waals surface area contributed by atoms with Gasteiger partial charge < -0.3 is 15.5 Å². The van der Waals surface area contributed by atoms with Gasteiger partial charge in [0, 0.05) is 44.2 Å². The Hall–Kier alpha value is -1.45. The maximum absolute atomic E-state index is 13.6. The first-order chi connectivity index (χ1) is 11.9. The van der Waals surface area contributed by atoms with Crippen LogP contribution in [0.2, 0.25) is 0 Å². The molecule has 1 amide bonds. The third-order valence-electron chi connectivity index (χ3n) is 4.29. The molecule has 2 N–H and O–H groups in total. The van der Waals surface area contributed by atoms with Gasteiger partial charge in [-0.15, -0.1) is 24.0 Å². The molecule has 146 valence electrons. The molecule has 0 spiro atoms. The van der Waals surface area contributed by atoms with Crippen LogP contribution in [0.5, 0.6) is 0 Å². The van der Waals surface area contributed by atoms with Gasteiger partial charge in [-0.05, 0) is 25.0 Å². The predicted molar refractivity (Wildman–Crippen MR) is 110 cm³/mol. The molecular weight excluding hydrogens is 453 g/mol. The number of rotatable bonds is 5. The van der Waals surface area contributed by atoms with Gasteiger partial charge in [0.1, 0.15) is 11.6 Å². The molecule has 5 nitrogen and oxygen atoms in total. The minimum absolute atomic E-state index is 0. The van der Waals surface area contributed by atoms with Crippen molar-refractivity contribution in [2.24, 2.45) is 10.9 Å². The minimum Gasteiger partial charge on any atom is -0.356 e. The van der Waals surface area contributed by atoms with Crippen molar-refractivity contribution in [2.75, 3.05) is 26.7 Å². The molecule has 0 aliphatic carbocycles. The second-order valence-corrected chi connectivity index (χ2v) is 6.52. The summed E-state index contributed by atoms with van der Waals surface area (Å²) in [6.07, 6.45) is 1.07. The molecular formula is C18H27F2IN4O. The summed E-state index contributed by atoms with van der Waals surface area (Å²) >= 11 is 0. The van der Waals surface area contributed by atoms with Crippen LogP contribution in [0.3, 0.4) is 0 Å². The van der Waals surface area contributed by atoms with E-state index in [1.165, 1.54) is 18.2 Å². The Balaban J connectivity index is 0.00000338. The molecule has 1 fully saturated rings. The first-order valence-electron chi connectivity index (χ1n) is 8.61. The number of amides is 1. The van der Waals surface area contributed by atoms with Crippen molar-refractivity contribution in [3.8, 4) is 0 Å². The molecule has 1 atom stereocenters. The summed E-state index contributed by atoms with van der Waals surface area (Å²) < 4.78 is 27.2. The molecule has 1 aromatic carbocycles. The lowest BCUT2D eigenvalue weighted by atomic mass is 10.1. The number of guanidine groups is 1. The maximum Gasteiger partial charge on any atom is 0.225 e. The largest absolute Gasteiger partial charge is 0.356 e. The summed E-state index contributed by atoms with van der Waals surface area (Å²) in [5.74, 6) is -0.360. The van der Waals surface area contributed by atoms with E-state index in [1.807, 2.05) is 18.7 Å². The van der Waals surface area contributed by atoms with Crippen LogP contribution >= 0.6 is 24.0 Å². The fourth-order valence-corrected chi connectivity index (χ4v) is 2.91. The molecule has 2 rings (SSSR count). The lowest BCUT2D eigenvalue weighted by Gasteiger charge is -2.20. The van der Waals surface area contributed by atoms with Gasteiger partial charge in [-0.2, -0.15) is 0 Å². The SMILES string of the molecule is CN=C(NCCc1c(F)cccc1F)NC1CCN(C(=O)C(C)C)C1.I. The van der Waals surface area contributed by atoms with Crippen molar-refractivity contribution < 1.29 is 13.6 Å². The molecule has 0 saturated carbocycles. The Morgan fingerprint density at radius 3 is 2.58 bits per heavy atom. The van der Waals surface area contributed by atoms with Crippen molar-refractivity contribution >= 4 is 35.8 Å². The van der Waals surface area contributed by atoms with E-state index in [0.717, 1.165) is 13.0 Å². The first-order valence-corrected chi connectivity index (χ1v) is 8.61. The number of nitrogens with one attached hydrogen (secondary N) is 2. The molecule has 1 aliphatic heterocycles. The van der Waals surface area contributed by atoms with Crippen molar-refractivity contribution in [2.45, 2.75) is 32.7 Å². The molecule has 8 heteroatoms. The lowest BCUT2D eigenvalue weighted by molar-refractivity contribution is -0.133. The van der Waals surface area contributed by atoms with Crippen LogP contribution in [0.4, 0.5) is 8.78 Å². The number of likely N-dealkylation sites (tertiary alicyclic amines) is 1. The van der Waals surface area contributed by atoms with Crippen LogP contribution in [0, 0.1) is 17.6 Å². The normalized spacial score (nSPS) is 17.2. The summed E-state index contributed by atoms with van der Waals surface area (Å²) in [6, 6.07) is 3.99. The highest BCUT2D eigenvalue weighted by Gasteiger charge is 2.27. The molecule has 1 saturated heterocycles. The van der Waals surface area contributed by atoms with Crippen LogP contribution in [0.25, 0.3) is 0 Å². The Bertz CT molecular complexity index is 619. The number of benzene rings is 1. The van der Waals surface area contributed by atoms with E-state index in [2.05, 4.69) is 15.6 Å². The molecule has 1 unspecified atom stereocenters. The van der Waals surface area contributed by atoms with Gasteiger partial charge >= 0.3 is 0 Å². The van der Waals surface area contributed by atoms with E-state index in [9.17, 15) is 13.6 Å². The van der Waals surface area contributed by atoms with Crippen LogP contribution in [-0.4, -0.2) is 49.5 Å². The highest BCUT2D eigenvalue weighted by Crippen LogP contribution is 2.13. The van der Waals surface area contributed by atoms with Crippen molar-refractivity contribution in [3.05, 3.63) is 35.4 Å². The molecule has 1 aromatic rings. The number of carbonyl (C=O) groups excluding carboxylic acids is 1. The monoisotopic (exact) mass is 480 g/mol. The topological polar surface area (TPSA) is 56.7 Å². The number of hydrogen-bond donors (Lipinski definition) is 2. The predicted octanol–water partition coefficient (Wildman–Crippen LogP) is 2.55. The number of nitrogens with zero attached hydrogens (tertiary/aromatic N) is 2. The second-order valence-electron chi connectivity index (χ2n) is 6.52. The van der Waals surface area contributed by atoms with Crippen molar-refractivity contribution in [1.82, 2.24) is 15.5 Å². The van der Waals surface area contributed by atoms with Gasteiger partial charge in [0.25, 0.3) is 0 Å². The number of aliphatic imine (C=N–C) groups is 1. The Kier molecular flexibility index (Phi) is 9.24. The zero-order chi connectivity index (χ0) is 18.4. The van der Waals surface area contributed by atoms with Crippen LogP contribution in [0.15, 0.2) is 23.2 Å². The molecule has 0 aromatic heterocycles. The zero-order valence-electron chi connectivity index (χ0n) is 15.4. The van der Waals surface area contributed by atoms with Gasteiger partial charge in [-0.1, -0.05) is 19.9 Å². The minimum atomic E-state index is -0.539. The van der Waals surface area contributed by atoms with E-state index in [4.69, 9.17) is 0 Å². The smallest absolute Gasteiger partial charge is 0.225 e. The molecule has 1 heterocycles. The van der Waals surface area contributed by atoms with E-state index < -0.39 is 11.6 Å². The zero-order valence-corrected chi connectivity index (χ0v) is 17.7. The van der Waals surface area contributed by atoms with Gasteiger partial charge in [0.05, 0.1) is 0 Å². The molecule has 1 aliphatic rings. The van der Waals surface area contributed by atoms with E-state index >= 15 is 0 Å². The summed E-state index contributed by atoms with van der Waals surface area (Å²) in [4.78, 5) is 18.0. The molecule has 26 heavy (non-hydrogen) atoms. The summed E-state index contributed by atoms with van der Waals surface area (Å²) in [5, 5.41) is 6.33. The van der Waals surface area contributed by atoms with Crippen LogP contribution in [-0.2, 0) is 11.2 Å². The van der Waals surface area contributed by atoms with Crippen LogP contribution < -0.4 is 10.6 Å². The average molecular weight is 480 g/mol. The second kappa shape index (κ2) is 10.6. The van der Waals surface area contributed by atoms with E-state index in [-0.39, 0.29) is 53.8 Å². The van der Waals surface area contributed by atoms with Gasteiger partial charge in [-0.25, -0.2) is 8.78 Å². The Morgan fingerprint density at radius 1 is 1.35 bits per heavy atom. The molecule has 0 radical (unpaired) electrons. The highest BCUT2D eigenvalue weighted by atomic mass is 127. The number of hydrogen-bond acceptors (Lipinski definition) is 2. The van der Waals surface area contributed by atoms with Crippen molar-refractivity contribution in [3.63, 3.8) is 0 Å². The van der Waals surface area contributed by atoms with E-state index in [1.54, 1.807) is 7.05 Å². The summed E-state index contributed by atoms with van der Waals surface area (Å²) in [5.41, 5.74) is 0.0695. The average Bonchev–Trinajstić information content (AvgIpc) is 3.04. The standard InChI is InChI=1S/C18H26F2N4O.HI/c1-12(2)17(25)24-10-8-13(11-24)23-18(21-3)22-9-7-14-15(19)5-4-6-16(14)20;/h4-6,12-13H,7-11H2,1-3H3,(H2,21,22,23);1H. The van der Waals surface area contributed by atoms with Crippen LogP contribution in [0.1, 0.15) is 25.8 Å². The Morgan fingerprint density at radius 2 is 2.00 bits per heavy atom. The lowest BCUT2D eigenvalue weighted by Crippen LogP contribution is -2.45. The molecule has 0 bridgehead atoms. The summed E-state index contributed by atoms with van der Waals surface area (Å²) in [7, 11) is 1.64. The maximum atomic E-state index is 13.6. The fourth-order valence-electron chi connectivity index (χ4n) is 2.91. The van der Waals surface area contributed by atoms with Gasteiger partial charge in [-0.3, -0.25) is 9.79 Å². The van der Waals surface area contributed by atoms with Crippen molar-refractivity contribution in [1.29, 1.82) is 0 Å².